The minimum Gasteiger partial charge on any atom is -0.508 e. The zero-order chi connectivity index (χ0) is 7.23. The molecule has 10 heavy (non-hydrogen) atoms. The van der Waals surface area contributed by atoms with E-state index in [0.717, 1.165) is 0 Å². The average molecular weight is 136 g/mol. The Balaban J connectivity index is 0.000000138. The largest absolute Gasteiger partial charge is 0.508 e. The third-order valence-electron chi connectivity index (χ3n) is 1.11. The van der Waals surface area contributed by atoms with Crippen LogP contribution in [0.2, 0.25) is 0 Å². The minimum absolute atomic E-state index is 0.322. The van der Waals surface area contributed by atoms with Gasteiger partial charge in [-0.3, -0.25) is 0 Å². The minimum atomic E-state index is 0.322. The zero-order valence-corrected chi connectivity index (χ0v) is 5.96. The number of hydrogen-bond donors (Lipinski definition) is 1. The predicted molar refractivity (Wildman–Crippen MR) is 42.0 cm³/mol. The van der Waals surface area contributed by atoms with Crippen LogP contribution in [0.4, 0.5) is 0 Å². The zero-order valence-electron chi connectivity index (χ0n) is 5.96. The molecule has 2 rings (SSSR count). The SMILES string of the molecule is C1CC1.Oc1ccccc1. The lowest BCUT2D eigenvalue weighted by Gasteiger charge is -1.82. The summed E-state index contributed by atoms with van der Waals surface area (Å²) in [5.41, 5.74) is 0. The van der Waals surface area contributed by atoms with Gasteiger partial charge < -0.3 is 5.11 Å². The quantitative estimate of drug-likeness (QED) is 0.581. The Morgan fingerprint density at radius 1 is 0.900 bits per heavy atom. The fraction of sp³-hybridized carbons (Fsp3) is 0.333. The Hall–Kier alpha value is -0.980. The summed E-state index contributed by atoms with van der Waals surface area (Å²) in [6.45, 7) is 0. The van der Waals surface area contributed by atoms with Crippen LogP contribution in [0.15, 0.2) is 30.3 Å². The topological polar surface area (TPSA) is 20.2 Å². The number of aromatic hydroxyl groups is 1. The van der Waals surface area contributed by atoms with Crippen molar-refractivity contribution < 1.29 is 5.11 Å². The fourth-order valence-corrected chi connectivity index (χ4v) is 0.428. The summed E-state index contributed by atoms with van der Waals surface area (Å²) < 4.78 is 0. The highest BCUT2D eigenvalue weighted by Gasteiger charge is 1.95. The van der Waals surface area contributed by atoms with E-state index in [4.69, 9.17) is 5.11 Å². The molecule has 0 bridgehead atoms. The van der Waals surface area contributed by atoms with Crippen molar-refractivity contribution in [2.45, 2.75) is 19.3 Å². The molecule has 1 nitrogen and oxygen atoms in total. The van der Waals surface area contributed by atoms with Crippen molar-refractivity contribution in [3.05, 3.63) is 30.3 Å². The van der Waals surface area contributed by atoms with Crippen molar-refractivity contribution in [3.63, 3.8) is 0 Å². The second-order valence-electron chi connectivity index (χ2n) is 2.40. The summed E-state index contributed by atoms with van der Waals surface area (Å²) in [4.78, 5) is 0. The van der Waals surface area contributed by atoms with Gasteiger partial charge in [0.25, 0.3) is 0 Å². The molecular formula is C9H12O. The number of para-hydroxylation sites is 1. The van der Waals surface area contributed by atoms with Crippen LogP contribution in [0.3, 0.4) is 0 Å². The van der Waals surface area contributed by atoms with Gasteiger partial charge in [0.15, 0.2) is 0 Å². The van der Waals surface area contributed by atoms with Gasteiger partial charge in [-0.15, -0.1) is 0 Å². The molecule has 0 aromatic heterocycles. The van der Waals surface area contributed by atoms with Crippen molar-refractivity contribution in [1.82, 2.24) is 0 Å². The van der Waals surface area contributed by atoms with Gasteiger partial charge in [-0.2, -0.15) is 0 Å². The smallest absolute Gasteiger partial charge is 0.115 e. The average Bonchev–Trinajstić information content (AvgIpc) is 2.73. The van der Waals surface area contributed by atoms with E-state index in [0.29, 0.717) is 5.75 Å². The second kappa shape index (κ2) is 3.94. The predicted octanol–water partition coefficient (Wildman–Crippen LogP) is 2.56. The van der Waals surface area contributed by atoms with Crippen LogP contribution in [-0.2, 0) is 0 Å². The molecule has 1 aromatic rings. The van der Waals surface area contributed by atoms with Crippen molar-refractivity contribution in [2.24, 2.45) is 0 Å². The number of phenolic OH excluding ortho intramolecular Hbond substituents is 1. The first-order chi connectivity index (χ1) is 4.89. The van der Waals surface area contributed by atoms with Crippen LogP contribution in [0.25, 0.3) is 0 Å². The van der Waals surface area contributed by atoms with E-state index in [1.54, 1.807) is 24.3 Å². The molecule has 0 saturated heterocycles. The van der Waals surface area contributed by atoms with Gasteiger partial charge >= 0.3 is 0 Å². The second-order valence-corrected chi connectivity index (χ2v) is 2.40. The first-order valence-corrected chi connectivity index (χ1v) is 3.63. The van der Waals surface area contributed by atoms with E-state index in [-0.39, 0.29) is 0 Å². The van der Waals surface area contributed by atoms with Crippen LogP contribution in [-0.4, -0.2) is 5.11 Å². The van der Waals surface area contributed by atoms with Crippen molar-refractivity contribution in [2.75, 3.05) is 0 Å². The van der Waals surface area contributed by atoms with E-state index >= 15 is 0 Å². The van der Waals surface area contributed by atoms with Gasteiger partial charge in [0, 0.05) is 0 Å². The van der Waals surface area contributed by atoms with Gasteiger partial charge in [0.05, 0.1) is 0 Å². The number of rotatable bonds is 0. The monoisotopic (exact) mass is 136 g/mol. The Bertz CT molecular complexity index is 165. The molecule has 0 aliphatic heterocycles. The van der Waals surface area contributed by atoms with Crippen LogP contribution in [0.5, 0.6) is 5.75 Å². The summed E-state index contributed by atoms with van der Waals surface area (Å²) in [5, 5.41) is 8.63. The van der Waals surface area contributed by atoms with Crippen molar-refractivity contribution in [3.8, 4) is 5.75 Å². The molecule has 1 fully saturated rings. The lowest BCUT2D eigenvalue weighted by molar-refractivity contribution is 0.475. The molecule has 1 aliphatic carbocycles. The third kappa shape index (κ3) is 3.96. The van der Waals surface area contributed by atoms with Crippen LogP contribution in [0.1, 0.15) is 19.3 Å². The highest BCUT2D eigenvalue weighted by atomic mass is 16.3. The van der Waals surface area contributed by atoms with Crippen molar-refractivity contribution in [1.29, 1.82) is 0 Å². The summed E-state index contributed by atoms with van der Waals surface area (Å²) >= 11 is 0. The first kappa shape index (κ1) is 7.13. The summed E-state index contributed by atoms with van der Waals surface area (Å²) in [6.07, 6.45) is 4.50. The van der Waals surface area contributed by atoms with E-state index in [1.807, 2.05) is 6.07 Å². The summed E-state index contributed by atoms with van der Waals surface area (Å²) in [6, 6.07) is 8.71. The van der Waals surface area contributed by atoms with Crippen LogP contribution >= 0.6 is 0 Å². The Morgan fingerprint density at radius 3 is 1.60 bits per heavy atom. The van der Waals surface area contributed by atoms with E-state index in [2.05, 4.69) is 0 Å². The molecule has 0 radical (unpaired) electrons. The van der Waals surface area contributed by atoms with Gasteiger partial charge in [-0.05, 0) is 12.1 Å². The fourth-order valence-electron chi connectivity index (χ4n) is 0.428. The van der Waals surface area contributed by atoms with E-state index in [1.165, 1.54) is 19.3 Å². The molecule has 0 spiro atoms. The molecule has 0 atom stereocenters. The Kier molecular flexibility index (Phi) is 2.81. The summed E-state index contributed by atoms with van der Waals surface area (Å²) in [5.74, 6) is 0.322. The number of hydrogen-bond acceptors (Lipinski definition) is 1. The van der Waals surface area contributed by atoms with Gasteiger partial charge in [-0.25, -0.2) is 0 Å². The number of phenols is 1. The maximum Gasteiger partial charge on any atom is 0.115 e. The highest BCUT2D eigenvalue weighted by Crippen LogP contribution is 2.14. The molecule has 1 saturated carbocycles. The number of benzene rings is 1. The lowest BCUT2D eigenvalue weighted by atomic mass is 10.3. The van der Waals surface area contributed by atoms with Crippen LogP contribution in [0, 0.1) is 0 Å². The molecule has 0 unspecified atom stereocenters. The lowest BCUT2D eigenvalue weighted by Crippen LogP contribution is -1.56. The summed E-state index contributed by atoms with van der Waals surface area (Å²) in [7, 11) is 0. The molecule has 1 N–H and O–H groups in total. The molecule has 1 aromatic carbocycles. The maximum atomic E-state index is 8.63. The third-order valence-corrected chi connectivity index (χ3v) is 1.11. The molecule has 1 heteroatoms. The molecule has 1 aliphatic rings. The molecular weight excluding hydrogens is 124 g/mol. The van der Waals surface area contributed by atoms with Gasteiger partial charge in [-0.1, -0.05) is 37.5 Å². The van der Waals surface area contributed by atoms with Crippen molar-refractivity contribution >= 4 is 0 Å². The van der Waals surface area contributed by atoms with Gasteiger partial charge in [0.1, 0.15) is 5.75 Å². The first-order valence-electron chi connectivity index (χ1n) is 3.63. The maximum absolute atomic E-state index is 8.63. The van der Waals surface area contributed by atoms with Gasteiger partial charge in [0.2, 0.25) is 0 Å². The molecule has 0 amide bonds. The van der Waals surface area contributed by atoms with Crippen LogP contribution < -0.4 is 0 Å². The normalized spacial score (nSPS) is 13.2. The Morgan fingerprint density at radius 2 is 1.40 bits per heavy atom. The van der Waals surface area contributed by atoms with E-state index < -0.39 is 0 Å². The molecule has 54 valence electrons. The Labute approximate surface area is 61.3 Å². The highest BCUT2D eigenvalue weighted by molar-refractivity contribution is 5.18. The van der Waals surface area contributed by atoms with E-state index in [9.17, 15) is 0 Å². The standard InChI is InChI=1S/C6H6O.C3H6/c7-6-4-2-1-3-5-6;1-2-3-1/h1-5,7H;1-3H2. The molecule has 0 heterocycles.